The van der Waals surface area contributed by atoms with Crippen molar-refractivity contribution >= 4 is 0 Å². The van der Waals surface area contributed by atoms with Crippen molar-refractivity contribution in [1.29, 1.82) is 0 Å². The summed E-state index contributed by atoms with van der Waals surface area (Å²) in [6, 6.07) is 11.3. The first kappa shape index (κ1) is 13.2. The van der Waals surface area contributed by atoms with Crippen LogP contribution in [0.2, 0.25) is 0 Å². The van der Waals surface area contributed by atoms with E-state index in [0.717, 1.165) is 26.1 Å². The molecule has 1 rings (SSSR count). The molecule has 0 unspecified atom stereocenters. The standard InChI is InChI=1S/C14H24N2/c1-13(2)15-10-12-16(3)11-9-14-7-5-4-6-8-14/h4-8,13,15H,9-12H2,1-3H3. The molecule has 1 aromatic carbocycles. The van der Waals surface area contributed by atoms with Gasteiger partial charge in [0.25, 0.3) is 0 Å². The van der Waals surface area contributed by atoms with Gasteiger partial charge in [0.15, 0.2) is 0 Å². The van der Waals surface area contributed by atoms with Crippen molar-refractivity contribution in [2.75, 3.05) is 26.7 Å². The van der Waals surface area contributed by atoms with Crippen molar-refractivity contribution in [2.24, 2.45) is 0 Å². The Hall–Kier alpha value is -0.860. The van der Waals surface area contributed by atoms with Gasteiger partial charge in [-0.2, -0.15) is 0 Å². The van der Waals surface area contributed by atoms with E-state index in [1.807, 2.05) is 0 Å². The largest absolute Gasteiger partial charge is 0.313 e. The summed E-state index contributed by atoms with van der Waals surface area (Å²) < 4.78 is 0. The van der Waals surface area contributed by atoms with E-state index in [1.165, 1.54) is 5.56 Å². The maximum absolute atomic E-state index is 3.43. The minimum absolute atomic E-state index is 0.586. The highest BCUT2D eigenvalue weighted by atomic mass is 15.1. The maximum Gasteiger partial charge on any atom is 0.0104 e. The smallest absolute Gasteiger partial charge is 0.0104 e. The summed E-state index contributed by atoms with van der Waals surface area (Å²) in [5.74, 6) is 0. The average molecular weight is 220 g/mol. The predicted molar refractivity (Wildman–Crippen MR) is 70.8 cm³/mol. The Bertz CT molecular complexity index is 269. The maximum atomic E-state index is 3.43. The molecule has 1 N–H and O–H groups in total. The van der Waals surface area contributed by atoms with Gasteiger partial charge in [0.2, 0.25) is 0 Å². The summed E-state index contributed by atoms with van der Waals surface area (Å²) in [6.45, 7) is 7.69. The number of benzene rings is 1. The second-order valence-corrected chi connectivity index (χ2v) is 4.65. The summed E-state index contributed by atoms with van der Waals surface area (Å²) in [7, 11) is 2.19. The quantitative estimate of drug-likeness (QED) is 0.757. The normalized spacial score (nSPS) is 11.3. The van der Waals surface area contributed by atoms with E-state index in [1.54, 1.807) is 0 Å². The molecule has 0 heterocycles. The van der Waals surface area contributed by atoms with Crippen molar-refractivity contribution in [3.05, 3.63) is 35.9 Å². The van der Waals surface area contributed by atoms with Crippen LogP contribution in [0.3, 0.4) is 0 Å². The molecule has 0 spiro atoms. The van der Waals surface area contributed by atoms with Gasteiger partial charge in [-0.05, 0) is 19.0 Å². The first-order chi connectivity index (χ1) is 7.68. The molecular formula is C14H24N2. The molecule has 2 heteroatoms. The molecule has 0 saturated heterocycles. The van der Waals surface area contributed by atoms with Crippen molar-refractivity contribution in [3.8, 4) is 0 Å². The van der Waals surface area contributed by atoms with Gasteiger partial charge < -0.3 is 10.2 Å². The lowest BCUT2D eigenvalue weighted by atomic mass is 10.1. The first-order valence-electron chi connectivity index (χ1n) is 6.14. The minimum Gasteiger partial charge on any atom is -0.313 e. The van der Waals surface area contributed by atoms with Crippen LogP contribution in [0.5, 0.6) is 0 Å². The van der Waals surface area contributed by atoms with Gasteiger partial charge in [0.05, 0.1) is 0 Å². The number of hydrogen-bond acceptors (Lipinski definition) is 2. The third-order valence-electron chi connectivity index (χ3n) is 2.67. The molecule has 0 saturated carbocycles. The van der Waals surface area contributed by atoms with Gasteiger partial charge in [0, 0.05) is 25.7 Å². The van der Waals surface area contributed by atoms with Gasteiger partial charge in [-0.1, -0.05) is 44.2 Å². The summed E-state index contributed by atoms with van der Waals surface area (Å²) in [5.41, 5.74) is 1.42. The highest BCUT2D eigenvalue weighted by Gasteiger charge is 1.99. The fourth-order valence-electron chi connectivity index (χ4n) is 1.62. The second-order valence-electron chi connectivity index (χ2n) is 4.65. The van der Waals surface area contributed by atoms with Crippen LogP contribution in [-0.4, -0.2) is 37.6 Å². The molecule has 0 aromatic heterocycles. The molecule has 2 nitrogen and oxygen atoms in total. The minimum atomic E-state index is 0.586. The van der Waals surface area contributed by atoms with E-state index in [2.05, 4.69) is 61.4 Å². The van der Waals surface area contributed by atoms with Gasteiger partial charge in [-0.3, -0.25) is 0 Å². The SMILES string of the molecule is CC(C)NCCN(C)CCc1ccccc1. The van der Waals surface area contributed by atoms with E-state index in [4.69, 9.17) is 0 Å². The molecular weight excluding hydrogens is 196 g/mol. The summed E-state index contributed by atoms with van der Waals surface area (Å²) >= 11 is 0. The third-order valence-corrected chi connectivity index (χ3v) is 2.67. The Morgan fingerprint density at radius 1 is 1.12 bits per heavy atom. The molecule has 0 aliphatic rings. The highest BCUT2D eigenvalue weighted by molar-refractivity contribution is 5.14. The molecule has 0 radical (unpaired) electrons. The topological polar surface area (TPSA) is 15.3 Å². The number of nitrogens with zero attached hydrogens (tertiary/aromatic N) is 1. The molecule has 0 amide bonds. The Balaban J connectivity index is 2.13. The fraction of sp³-hybridized carbons (Fsp3) is 0.571. The monoisotopic (exact) mass is 220 g/mol. The lowest BCUT2D eigenvalue weighted by Gasteiger charge is -2.17. The van der Waals surface area contributed by atoms with Gasteiger partial charge in [0.1, 0.15) is 0 Å². The molecule has 0 aliphatic carbocycles. The number of nitrogens with one attached hydrogen (secondary N) is 1. The molecule has 16 heavy (non-hydrogen) atoms. The van der Waals surface area contributed by atoms with Gasteiger partial charge >= 0.3 is 0 Å². The van der Waals surface area contributed by atoms with E-state index in [0.29, 0.717) is 6.04 Å². The zero-order chi connectivity index (χ0) is 11.8. The zero-order valence-corrected chi connectivity index (χ0v) is 10.7. The van der Waals surface area contributed by atoms with Crippen LogP contribution in [0.4, 0.5) is 0 Å². The van der Waals surface area contributed by atoms with Crippen molar-refractivity contribution in [1.82, 2.24) is 10.2 Å². The molecule has 0 fully saturated rings. The highest BCUT2D eigenvalue weighted by Crippen LogP contribution is 2.00. The van der Waals surface area contributed by atoms with Crippen LogP contribution in [0.15, 0.2) is 30.3 Å². The third kappa shape index (κ3) is 5.89. The summed E-state index contributed by atoms with van der Waals surface area (Å²) in [5, 5.41) is 3.43. The molecule has 0 aliphatic heterocycles. The molecule has 1 aromatic rings. The Kier molecular flexibility index (Phi) is 6.12. The van der Waals surface area contributed by atoms with Crippen LogP contribution in [0.25, 0.3) is 0 Å². The van der Waals surface area contributed by atoms with Gasteiger partial charge in [-0.25, -0.2) is 0 Å². The van der Waals surface area contributed by atoms with Gasteiger partial charge in [-0.15, -0.1) is 0 Å². The van der Waals surface area contributed by atoms with Crippen LogP contribution in [0, 0.1) is 0 Å². The molecule has 0 atom stereocenters. The lowest BCUT2D eigenvalue weighted by Crippen LogP contribution is -2.33. The summed E-state index contributed by atoms with van der Waals surface area (Å²) in [4.78, 5) is 2.38. The fourth-order valence-corrected chi connectivity index (χ4v) is 1.62. The average Bonchev–Trinajstić information content (AvgIpc) is 2.27. The van der Waals surface area contributed by atoms with E-state index >= 15 is 0 Å². The second kappa shape index (κ2) is 7.42. The predicted octanol–water partition coefficient (Wildman–Crippen LogP) is 2.16. The van der Waals surface area contributed by atoms with Crippen molar-refractivity contribution < 1.29 is 0 Å². The number of likely N-dealkylation sites (N-methyl/N-ethyl adjacent to an activating group) is 1. The molecule has 90 valence electrons. The lowest BCUT2D eigenvalue weighted by molar-refractivity contribution is 0.331. The van der Waals surface area contributed by atoms with Crippen LogP contribution >= 0.6 is 0 Å². The van der Waals surface area contributed by atoms with E-state index in [9.17, 15) is 0 Å². The molecule has 0 bridgehead atoms. The summed E-state index contributed by atoms with van der Waals surface area (Å²) in [6.07, 6.45) is 1.14. The van der Waals surface area contributed by atoms with Crippen LogP contribution in [0.1, 0.15) is 19.4 Å². The Morgan fingerprint density at radius 2 is 1.81 bits per heavy atom. The van der Waals surface area contributed by atoms with Crippen molar-refractivity contribution in [3.63, 3.8) is 0 Å². The van der Waals surface area contributed by atoms with Crippen LogP contribution < -0.4 is 5.32 Å². The van der Waals surface area contributed by atoms with E-state index < -0.39 is 0 Å². The van der Waals surface area contributed by atoms with Crippen molar-refractivity contribution in [2.45, 2.75) is 26.3 Å². The Morgan fingerprint density at radius 3 is 2.44 bits per heavy atom. The number of hydrogen-bond donors (Lipinski definition) is 1. The van der Waals surface area contributed by atoms with Crippen LogP contribution in [-0.2, 0) is 6.42 Å². The number of rotatable bonds is 7. The van der Waals surface area contributed by atoms with E-state index in [-0.39, 0.29) is 0 Å². The zero-order valence-electron chi connectivity index (χ0n) is 10.7. The first-order valence-corrected chi connectivity index (χ1v) is 6.14. The Labute approximate surface area is 99.7 Å².